The number of aliphatic hydroxyl groups excluding tert-OH is 1. The maximum absolute atomic E-state index is 13.4. The molecular formula is C18H18F2N4O2. The molecule has 136 valence electrons. The summed E-state index contributed by atoms with van der Waals surface area (Å²) in [4.78, 5) is 11.9. The Balaban J connectivity index is 2.11. The molecule has 1 heterocycles. The molecule has 0 saturated carbocycles. The smallest absolute Gasteiger partial charge is 0.282 e. The van der Waals surface area contributed by atoms with Gasteiger partial charge in [-0.1, -0.05) is 12.1 Å². The number of fused-ring (bicyclic) bond motifs is 1. The molecule has 3 aromatic rings. The Morgan fingerprint density at radius 3 is 2.73 bits per heavy atom. The van der Waals surface area contributed by atoms with Crippen LogP contribution in [0.15, 0.2) is 42.5 Å². The standard InChI is InChI=1S/C18H18F2N4O2/c1-10-3-2-4-12(7-10)24-15-8-11(22-18(26)14(21)9-25)5-6-13(15)16(23-24)17(19)20/h2-8,14,17,25H,9,21H2,1H3,(H,22,26)/t14-/m0/s1. The molecule has 0 aliphatic rings. The molecule has 26 heavy (non-hydrogen) atoms. The van der Waals surface area contributed by atoms with Crippen molar-refractivity contribution < 1.29 is 18.7 Å². The number of hydrogen-bond acceptors (Lipinski definition) is 4. The van der Waals surface area contributed by atoms with E-state index < -0.39 is 25.0 Å². The minimum Gasteiger partial charge on any atom is -0.394 e. The fraction of sp³-hybridized carbons (Fsp3) is 0.222. The molecule has 1 atom stereocenters. The Morgan fingerprint density at radius 1 is 1.31 bits per heavy atom. The number of halogens is 2. The summed E-state index contributed by atoms with van der Waals surface area (Å²) in [6.07, 6.45) is -2.73. The second kappa shape index (κ2) is 7.19. The fourth-order valence-electron chi connectivity index (χ4n) is 2.65. The van der Waals surface area contributed by atoms with Crippen LogP contribution in [-0.4, -0.2) is 33.4 Å². The number of benzene rings is 2. The number of aromatic nitrogens is 2. The van der Waals surface area contributed by atoms with E-state index in [4.69, 9.17) is 10.8 Å². The highest BCUT2D eigenvalue weighted by Gasteiger charge is 2.20. The van der Waals surface area contributed by atoms with Crippen LogP contribution in [0.4, 0.5) is 14.5 Å². The number of aryl methyl sites for hydroxylation is 1. The topological polar surface area (TPSA) is 93.2 Å². The van der Waals surface area contributed by atoms with Gasteiger partial charge in [-0.05, 0) is 42.8 Å². The van der Waals surface area contributed by atoms with E-state index in [9.17, 15) is 13.6 Å². The quantitative estimate of drug-likeness (QED) is 0.652. The normalized spacial score (nSPS) is 12.5. The van der Waals surface area contributed by atoms with Gasteiger partial charge in [-0.3, -0.25) is 4.79 Å². The average molecular weight is 360 g/mol. The number of alkyl halides is 2. The van der Waals surface area contributed by atoms with Gasteiger partial charge in [0.1, 0.15) is 11.7 Å². The van der Waals surface area contributed by atoms with Crippen molar-refractivity contribution in [3.8, 4) is 5.69 Å². The Kier molecular flexibility index (Phi) is 4.97. The van der Waals surface area contributed by atoms with Crippen molar-refractivity contribution in [1.82, 2.24) is 9.78 Å². The molecule has 0 spiro atoms. The second-order valence-electron chi connectivity index (χ2n) is 5.95. The molecule has 1 aromatic heterocycles. The maximum Gasteiger partial charge on any atom is 0.282 e. The van der Waals surface area contributed by atoms with E-state index in [0.717, 1.165) is 5.56 Å². The van der Waals surface area contributed by atoms with Crippen molar-refractivity contribution in [1.29, 1.82) is 0 Å². The molecule has 0 aliphatic heterocycles. The lowest BCUT2D eigenvalue weighted by atomic mass is 10.1. The molecular weight excluding hydrogens is 342 g/mol. The van der Waals surface area contributed by atoms with Crippen LogP contribution in [0.25, 0.3) is 16.6 Å². The van der Waals surface area contributed by atoms with Crippen molar-refractivity contribution in [2.75, 3.05) is 11.9 Å². The van der Waals surface area contributed by atoms with Gasteiger partial charge < -0.3 is 16.2 Å². The Labute approximate surface area is 148 Å². The zero-order chi connectivity index (χ0) is 18.8. The molecule has 6 nitrogen and oxygen atoms in total. The zero-order valence-corrected chi connectivity index (χ0v) is 14.0. The molecule has 0 bridgehead atoms. The fourth-order valence-corrected chi connectivity index (χ4v) is 2.65. The van der Waals surface area contributed by atoms with Crippen molar-refractivity contribution in [3.05, 3.63) is 53.7 Å². The predicted molar refractivity (Wildman–Crippen MR) is 94.5 cm³/mol. The first-order valence-corrected chi connectivity index (χ1v) is 7.96. The summed E-state index contributed by atoms with van der Waals surface area (Å²) in [6.45, 7) is 1.40. The average Bonchev–Trinajstić information content (AvgIpc) is 3.00. The van der Waals surface area contributed by atoms with E-state index in [1.165, 1.54) is 16.8 Å². The van der Waals surface area contributed by atoms with Gasteiger partial charge in [0.2, 0.25) is 5.91 Å². The molecule has 0 aliphatic carbocycles. The van der Waals surface area contributed by atoms with E-state index in [0.29, 0.717) is 22.3 Å². The van der Waals surface area contributed by atoms with E-state index in [-0.39, 0.29) is 5.69 Å². The Bertz CT molecular complexity index is 956. The van der Waals surface area contributed by atoms with Gasteiger partial charge >= 0.3 is 0 Å². The van der Waals surface area contributed by atoms with Gasteiger partial charge in [0.15, 0.2) is 0 Å². The largest absolute Gasteiger partial charge is 0.394 e. The number of carbonyl (C=O) groups excluding carboxylic acids is 1. The molecule has 0 fully saturated rings. The third-order valence-electron chi connectivity index (χ3n) is 3.96. The first-order chi connectivity index (χ1) is 12.4. The van der Waals surface area contributed by atoms with Crippen molar-refractivity contribution in [2.45, 2.75) is 19.4 Å². The summed E-state index contributed by atoms with van der Waals surface area (Å²) >= 11 is 0. The molecule has 1 amide bonds. The minimum atomic E-state index is -2.73. The van der Waals surface area contributed by atoms with Crippen LogP contribution in [-0.2, 0) is 4.79 Å². The van der Waals surface area contributed by atoms with Crippen molar-refractivity contribution >= 4 is 22.5 Å². The molecule has 0 radical (unpaired) electrons. The van der Waals surface area contributed by atoms with Crippen molar-refractivity contribution in [2.24, 2.45) is 5.73 Å². The predicted octanol–water partition coefficient (Wildman–Crippen LogP) is 2.53. The van der Waals surface area contributed by atoms with Crippen LogP contribution in [0.5, 0.6) is 0 Å². The summed E-state index contributed by atoms with van der Waals surface area (Å²) in [5.74, 6) is -0.567. The lowest BCUT2D eigenvalue weighted by Crippen LogP contribution is -2.38. The number of rotatable bonds is 5. The zero-order valence-electron chi connectivity index (χ0n) is 14.0. The van der Waals surface area contributed by atoms with Gasteiger partial charge in [-0.25, -0.2) is 13.5 Å². The number of nitrogens with one attached hydrogen (secondary N) is 1. The monoisotopic (exact) mass is 360 g/mol. The van der Waals surface area contributed by atoms with Gasteiger partial charge in [0, 0.05) is 11.1 Å². The first-order valence-electron chi connectivity index (χ1n) is 7.96. The van der Waals surface area contributed by atoms with Gasteiger partial charge in [-0.2, -0.15) is 5.10 Å². The molecule has 4 N–H and O–H groups in total. The summed E-state index contributed by atoms with van der Waals surface area (Å²) in [7, 11) is 0. The molecule has 2 aromatic carbocycles. The number of aliphatic hydroxyl groups is 1. The van der Waals surface area contributed by atoms with Gasteiger partial charge in [0.05, 0.1) is 17.8 Å². The number of anilines is 1. The number of hydrogen-bond donors (Lipinski definition) is 3. The van der Waals surface area contributed by atoms with E-state index in [2.05, 4.69) is 10.4 Å². The number of nitrogens with zero attached hydrogens (tertiary/aromatic N) is 2. The third kappa shape index (κ3) is 3.42. The molecule has 0 unspecified atom stereocenters. The van der Waals surface area contributed by atoms with Crippen molar-refractivity contribution in [3.63, 3.8) is 0 Å². The Hall–Kier alpha value is -2.84. The number of carbonyl (C=O) groups is 1. The Morgan fingerprint density at radius 2 is 2.08 bits per heavy atom. The minimum absolute atomic E-state index is 0.297. The van der Waals surface area contributed by atoms with Gasteiger partial charge in [-0.15, -0.1) is 0 Å². The first kappa shape index (κ1) is 18.0. The summed E-state index contributed by atoms with van der Waals surface area (Å²) in [5.41, 5.74) is 7.56. The molecule has 3 rings (SSSR count). The lowest BCUT2D eigenvalue weighted by molar-refractivity contribution is -0.118. The number of nitrogens with two attached hydrogens (primary N) is 1. The highest BCUT2D eigenvalue weighted by molar-refractivity contribution is 5.97. The van der Waals surface area contributed by atoms with E-state index in [1.54, 1.807) is 12.1 Å². The van der Waals surface area contributed by atoms with Crippen LogP contribution >= 0.6 is 0 Å². The highest BCUT2D eigenvalue weighted by atomic mass is 19.3. The summed E-state index contributed by atoms with van der Waals surface area (Å²) < 4.78 is 28.2. The van der Waals surface area contributed by atoms with E-state index >= 15 is 0 Å². The highest BCUT2D eigenvalue weighted by Crippen LogP contribution is 2.31. The molecule has 8 heteroatoms. The van der Waals surface area contributed by atoms with Crippen LogP contribution in [0, 0.1) is 6.92 Å². The van der Waals surface area contributed by atoms with Gasteiger partial charge in [0.25, 0.3) is 6.43 Å². The van der Waals surface area contributed by atoms with Crippen LogP contribution in [0.2, 0.25) is 0 Å². The number of amides is 1. The summed E-state index contributed by atoms with van der Waals surface area (Å²) in [5, 5.41) is 15.9. The van der Waals surface area contributed by atoms with Crippen LogP contribution in [0.3, 0.4) is 0 Å². The lowest BCUT2D eigenvalue weighted by Gasteiger charge is -2.10. The second-order valence-corrected chi connectivity index (χ2v) is 5.95. The van der Waals surface area contributed by atoms with E-state index in [1.807, 2.05) is 25.1 Å². The van der Waals surface area contributed by atoms with Crippen LogP contribution < -0.4 is 11.1 Å². The SMILES string of the molecule is Cc1cccc(-n2nc(C(F)F)c3ccc(NC(=O)[C@@H](N)CO)cc32)c1. The van der Waals surface area contributed by atoms with Crippen LogP contribution in [0.1, 0.15) is 17.7 Å². The molecule has 0 saturated heterocycles. The summed E-state index contributed by atoms with van der Waals surface area (Å²) in [6, 6.07) is 10.8. The third-order valence-corrected chi connectivity index (χ3v) is 3.96. The maximum atomic E-state index is 13.4.